The Morgan fingerprint density at radius 3 is 2.93 bits per heavy atom. The minimum absolute atomic E-state index is 0.448. The van der Waals surface area contributed by atoms with Crippen LogP contribution in [0.25, 0.3) is 10.4 Å². The zero-order valence-corrected chi connectivity index (χ0v) is 9.48. The standard InChI is InChI=1S/C8H7Cl2N3S/c9-6-1-2-7(10)8(5-6)14-4-3-12-13-11/h1-2,5H,3-4H2. The summed E-state index contributed by atoms with van der Waals surface area (Å²) in [4.78, 5) is 3.57. The summed E-state index contributed by atoms with van der Waals surface area (Å²) in [5, 5.41) is 4.74. The molecule has 0 bridgehead atoms. The Morgan fingerprint density at radius 1 is 1.43 bits per heavy atom. The number of hydrogen-bond acceptors (Lipinski definition) is 2. The average molecular weight is 248 g/mol. The SMILES string of the molecule is [N-]=[N+]=NCCSc1cc(Cl)ccc1Cl. The summed E-state index contributed by atoms with van der Waals surface area (Å²) >= 11 is 13.2. The Morgan fingerprint density at radius 2 is 2.21 bits per heavy atom. The number of nitrogens with zero attached hydrogens (tertiary/aromatic N) is 3. The molecule has 0 unspecified atom stereocenters. The van der Waals surface area contributed by atoms with Gasteiger partial charge in [-0.15, -0.1) is 11.8 Å². The molecular formula is C8H7Cl2N3S. The van der Waals surface area contributed by atoms with Gasteiger partial charge in [-0.05, 0) is 23.7 Å². The van der Waals surface area contributed by atoms with Crippen molar-refractivity contribution in [2.45, 2.75) is 4.90 Å². The monoisotopic (exact) mass is 247 g/mol. The van der Waals surface area contributed by atoms with Gasteiger partial charge >= 0.3 is 0 Å². The smallest absolute Gasteiger partial charge is 0.0542 e. The summed E-state index contributed by atoms with van der Waals surface area (Å²) in [6.45, 7) is 0.448. The van der Waals surface area contributed by atoms with E-state index in [4.69, 9.17) is 28.7 Å². The molecule has 1 aromatic rings. The highest BCUT2D eigenvalue weighted by Gasteiger charge is 2.00. The number of thioether (sulfide) groups is 1. The van der Waals surface area contributed by atoms with Crippen LogP contribution >= 0.6 is 35.0 Å². The minimum Gasteiger partial charge on any atom is -0.124 e. The van der Waals surface area contributed by atoms with Gasteiger partial charge in [0.15, 0.2) is 0 Å². The fourth-order valence-electron chi connectivity index (χ4n) is 0.829. The van der Waals surface area contributed by atoms with Crippen molar-refractivity contribution < 1.29 is 0 Å². The van der Waals surface area contributed by atoms with Crippen LogP contribution in [0.3, 0.4) is 0 Å². The first-order valence-corrected chi connectivity index (χ1v) is 5.57. The lowest BCUT2D eigenvalue weighted by atomic mass is 10.4. The molecule has 3 nitrogen and oxygen atoms in total. The molecule has 0 aliphatic carbocycles. The second-order valence-corrected chi connectivity index (χ2v) is 4.36. The fraction of sp³-hybridized carbons (Fsp3) is 0.250. The van der Waals surface area contributed by atoms with E-state index >= 15 is 0 Å². The third-order valence-electron chi connectivity index (χ3n) is 1.41. The summed E-state index contributed by atoms with van der Waals surface area (Å²) in [6.07, 6.45) is 0. The molecule has 6 heteroatoms. The molecule has 0 spiro atoms. The normalized spacial score (nSPS) is 9.57. The first kappa shape index (κ1) is 11.5. The van der Waals surface area contributed by atoms with Crippen LogP contribution in [-0.4, -0.2) is 12.3 Å². The van der Waals surface area contributed by atoms with Gasteiger partial charge in [-0.25, -0.2) is 0 Å². The number of azide groups is 1. The van der Waals surface area contributed by atoms with E-state index in [0.29, 0.717) is 22.3 Å². The second-order valence-electron chi connectivity index (χ2n) is 2.38. The lowest BCUT2D eigenvalue weighted by Gasteiger charge is -2.02. The maximum atomic E-state index is 8.06. The highest BCUT2D eigenvalue weighted by molar-refractivity contribution is 7.99. The van der Waals surface area contributed by atoms with Crippen molar-refractivity contribution >= 4 is 35.0 Å². The van der Waals surface area contributed by atoms with E-state index in [1.54, 1.807) is 18.2 Å². The number of rotatable bonds is 4. The van der Waals surface area contributed by atoms with Gasteiger partial charge in [0.2, 0.25) is 0 Å². The van der Waals surface area contributed by atoms with Gasteiger partial charge in [-0.1, -0.05) is 28.3 Å². The summed E-state index contributed by atoms with van der Waals surface area (Å²) in [7, 11) is 0. The molecular weight excluding hydrogens is 241 g/mol. The van der Waals surface area contributed by atoms with E-state index < -0.39 is 0 Å². The van der Waals surface area contributed by atoms with Gasteiger partial charge in [0, 0.05) is 27.1 Å². The van der Waals surface area contributed by atoms with Crippen LogP contribution in [0.1, 0.15) is 0 Å². The highest BCUT2D eigenvalue weighted by Crippen LogP contribution is 2.29. The van der Waals surface area contributed by atoms with Crippen molar-refractivity contribution in [2.24, 2.45) is 5.11 Å². The first-order valence-electron chi connectivity index (χ1n) is 3.83. The Kier molecular flexibility index (Phi) is 4.98. The van der Waals surface area contributed by atoms with Crippen molar-refractivity contribution in [1.82, 2.24) is 0 Å². The Bertz CT molecular complexity index is 364. The fourth-order valence-corrected chi connectivity index (χ4v) is 2.16. The van der Waals surface area contributed by atoms with Crippen LogP contribution in [-0.2, 0) is 0 Å². The Balaban J connectivity index is 2.57. The van der Waals surface area contributed by atoms with Crippen LogP contribution in [0.15, 0.2) is 28.2 Å². The first-order chi connectivity index (χ1) is 6.74. The molecule has 0 heterocycles. The van der Waals surface area contributed by atoms with Gasteiger partial charge in [0.05, 0.1) is 5.02 Å². The molecule has 0 amide bonds. The van der Waals surface area contributed by atoms with Crippen LogP contribution in [0.5, 0.6) is 0 Å². The van der Waals surface area contributed by atoms with E-state index in [9.17, 15) is 0 Å². The van der Waals surface area contributed by atoms with Gasteiger partial charge in [-0.3, -0.25) is 0 Å². The minimum atomic E-state index is 0.448. The summed E-state index contributed by atoms with van der Waals surface area (Å²) in [6, 6.07) is 5.28. The maximum Gasteiger partial charge on any atom is 0.0542 e. The van der Waals surface area contributed by atoms with Crippen molar-refractivity contribution in [3.63, 3.8) is 0 Å². The predicted octanol–water partition coefficient (Wildman–Crippen LogP) is 4.40. The second kappa shape index (κ2) is 6.04. The van der Waals surface area contributed by atoms with Crippen molar-refractivity contribution in [3.05, 3.63) is 38.7 Å². The van der Waals surface area contributed by atoms with E-state index in [-0.39, 0.29) is 0 Å². The van der Waals surface area contributed by atoms with E-state index in [2.05, 4.69) is 10.0 Å². The van der Waals surface area contributed by atoms with Gasteiger partial charge < -0.3 is 0 Å². The average Bonchev–Trinajstić information content (AvgIpc) is 2.18. The van der Waals surface area contributed by atoms with E-state index in [0.717, 1.165) is 4.90 Å². The van der Waals surface area contributed by atoms with Crippen molar-refractivity contribution in [2.75, 3.05) is 12.3 Å². The molecule has 1 rings (SSSR count). The molecule has 0 aliphatic rings. The molecule has 0 saturated carbocycles. The highest BCUT2D eigenvalue weighted by atomic mass is 35.5. The molecule has 14 heavy (non-hydrogen) atoms. The van der Waals surface area contributed by atoms with Crippen molar-refractivity contribution in [1.29, 1.82) is 0 Å². The zero-order chi connectivity index (χ0) is 10.4. The zero-order valence-electron chi connectivity index (χ0n) is 7.15. The molecule has 0 N–H and O–H groups in total. The quantitative estimate of drug-likeness (QED) is 0.256. The van der Waals surface area contributed by atoms with Gasteiger partial charge in [-0.2, -0.15) is 0 Å². The van der Waals surface area contributed by atoms with Gasteiger partial charge in [0.25, 0.3) is 0 Å². The Labute approximate surface area is 96.0 Å². The van der Waals surface area contributed by atoms with Crippen LogP contribution in [0.4, 0.5) is 0 Å². The number of halogens is 2. The summed E-state index contributed by atoms with van der Waals surface area (Å²) in [5.74, 6) is 0.699. The predicted molar refractivity (Wildman–Crippen MR) is 61.2 cm³/mol. The van der Waals surface area contributed by atoms with Crippen LogP contribution < -0.4 is 0 Å². The van der Waals surface area contributed by atoms with E-state index in [1.807, 2.05) is 0 Å². The molecule has 0 aliphatic heterocycles. The molecule has 0 saturated heterocycles. The molecule has 0 aromatic heterocycles. The van der Waals surface area contributed by atoms with E-state index in [1.165, 1.54) is 11.8 Å². The largest absolute Gasteiger partial charge is 0.124 e. The number of hydrogen-bond donors (Lipinski definition) is 0. The topological polar surface area (TPSA) is 48.8 Å². The maximum absolute atomic E-state index is 8.06. The molecule has 0 fully saturated rings. The Hall–Kier alpha value is -0.540. The molecule has 0 atom stereocenters. The van der Waals surface area contributed by atoms with Crippen LogP contribution in [0, 0.1) is 0 Å². The molecule has 0 radical (unpaired) electrons. The third kappa shape index (κ3) is 3.68. The lowest BCUT2D eigenvalue weighted by Crippen LogP contribution is -1.83. The number of benzene rings is 1. The lowest BCUT2D eigenvalue weighted by molar-refractivity contribution is 1.12. The van der Waals surface area contributed by atoms with Gasteiger partial charge in [0.1, 0.15) is 0 Å². The third-order valence-corrected chi connectivity index (χ3v) is 3.12. The van der Waals surface area contributed by atoms with Crippen molar-refractivity contribution in [3.8, 4) is 0 Å². The molecule has 74 valence electrons. The summed E-state index contributed by atoms with van der Waals surface area (Å²) < 4.78 is 0. The summed E-state index contributed by atoms with van der Waals surface area (Å²) in [5.41, 5.74) is 8.06. The van der Waals surface area contributed by atoms with Crippen LogP contribution in [0.2, 0.25) is 10.0 Å². The molecule has 1 aromatic carbocycles.